The first-order valence-corrected chi connectivity index (χ1v) is 8.10. The fourth-order valence-electron chi connectivity index (χ4n) is 2.11. The van der Waals surface area contributed by atoms with Crippen LogP contribution >= 0.6 is 0 Å². The van der Waals surface area contributed by atoms with Gasteiger partial charge in [0.2, 0.25) is 0 Å². The zero-order chi connectivity index (χ0) is 18.1. The van der Waals surface area contributed by atoms with Crippen LogP contribution in [0.5, 0.6) is 5.75 Å². The summed E-state index contributed by atoms with van der Waals surface area (Å²) in [6.07, 6.45) is 0. The Labute approximate surface area is 147 Å². The number of urea groups is 1. The third-order valence-corrected chi connectivity index (χ3v) is 3.35. The second kappa shape index (κ2) is 9.32. The molecule has 0 spiro atoms. The number of carbonyl (C=O) groups is 2. The maximum absolute atomic E-state index is 12.0. The minimum absolute atomic E-state index is 0.274. The van der Waals surface area contributed by atoms with Gasteiger partial charge in [0.05, 0.1) is 24.4 Å². The topological polar surface area (TPSA) is 76.7 Å². The summed E-state index contributed by atoms with van der Waals surface area (Å²) in [4.78, 5) is 23.8. The van der Waals surface area contributed by atoms with Crippen molar-refractivity contribution in [3.63, 3.8) is 0 Å². The lowest BCUT2D eigenvalue weighted by Gasteiger charge is -2.12. The molecule has 0 heterocycles. The van der Waals surface area contributed by atoms with Crippen LogP contribution in [0.15, 0.2) is 48.5 Å². The molecule has 2 aromatic carbocycles. The van der Waals surface area contributed by atoms with E-state index in [1.54, 1.807) is 31.2 Å². The van der Waals surface area contributed by atoms with Crippen molar-refractivity contribution in [3.05, 3.63) is 59.7 Å². The van der Waals surface area contributed by atoms with E-state index in [0.29, 0.717) is 24.4 Å². The molecule has 0 atom stereocenters. The Balaban J connectivity index is 1.80. The predicted molar refractivity (Wildman–Crippen MR) is 96.1 cm³/mol. The van der Waals surface area contributed by atoms with Gasteiger partial charge in [-0.25, -0.2) is 9.59 Å². The molecule has 6 heteroatoms. The molecule has 0 unspecified atom stereocenters. The number of hydrogen-bond donors (Lipinski definition) is 2. The molecule has 2 amide bonds. The van der Waals surface area contributed by atoms with Crippen molar-refractivity contribution in [2.75, 3.05) is 25.1 Å². The van der Waals surface area contributed by atoms with E-state index >= 15 is 0 Å². The summed E-state index contributed by atoms with van der Waals surface area (Å²) in [5, 5.41) is 5.33. The van der Waals surface area contributed by atoms with Crippen LogP contribution < -0.4 is 15.4 Å². The van der Waals surface area contributed by atoms with Crippen LogP contribution in [-0.2, 0) is 4.74 Å². The molecule has 0 aliphatic rings. The third-order valence-electron chi connectivity index (χ3n) is 3.35. The minimum atomic E-state index is -0.471. The van der Waals surface area contributed by atoms with Crippen molar-refractivity contribution in [1.82, 2.24) is 5.32 Å². The van der Waals surface area contributed by atoms with E-state index in [0.717, 1.165) is 11.3 Å². The molecule has 0 saturated carbocycles. The van der Waals surface area contributed by atoms with Gasteiger partial charge in [-0.05, 0) is 38.1 Å². The number of carbonyl (C=O) groups excluding carboxylic acids is 2. The highest BCUT2D eigenvalue weighted by Crippen LogP contribution is 2.16. The van der Waals surface area contributed by atoms with E-state index in [-0.39, 0.29) is 6.61 Å². The molecule has 2 aromatic rings. The fraction of sp³-hybridized carbons (Fsp3) is 0.263. The van der Waals surface area contributed by atoms with Crippen LogP contribution in [0, 0.1) is 6.92 Å². The number of amides is 2. The van der Waals surface area contributed by atoms with Crippen molar-refractivity contribution in [3.8, 4) is 5.75 Å². The predicted octanol–water partition coefficient (Wildman–Crippen LogP) is 3.37. The number of rotatable bonds is 7. The second-order valence-corrected chi connectivity index (χ2v) is 5.31. The van der Waals surface area contributed by atoms with Crippen LogP contribution in [-0.4, -0.2) is 31.8 Å². The lowest BCUT2D eigenvalue weighted by molar-refractivity contribution is 0.0527. The van der Waals surface area contributed by atoms with Gasteiger partial charge in [0.25, 0.3) is 0 Å². The van der Waals surface area contributed by atoms with E-state index in [4.69, 9.17) is 9.47 Å². The van der Waals surface area contributed by atoms with E-state index in [9.17, 15) is 9.59 Å². The Hall–Kier alpha value is -3.02. The minimum Gasteiger partial charge on any atom is -0.492 e. The van der Waals surface area contributed by atoms with Gasteiger partial charge < -0.3 is 20.1 Å². The molecule has 0 bridgehead atoms. The van der Waals surface area contributed by atoms with Gasteiger partial charge in [-0.3, -0.25) is 0 Å². The number of ether oxygens (including phenoxy) is 2. The van der Waals surface area contributed by atoms with Crippen molar-refractivity contribution in [2.45, 2.75) is 13.8 Å². The molecular weight excluding hydrogens is 320 g/mol. The Morgan fingerprint density at radius 1 is 1.04 bits per heavy atom. The number of esters is 1. The van der Waals surface area contributed by atoms with Crippen LogP contribution in [0.2, 0.25) is 0 Å². The van der Waals surface area contributed by atoms with Gasteiger partial charge in [0.15, 0.2) is 0 Å². The molecule has 25 heavy (non-hydrogen) atoms. The van der Waals surface area contributed by atoms with Crippen molar-refractivity contribution >= 4 is 17.7 Å². The first-order valence-electron chi connectivity index (χ1n) is 8.10. The van der Waals surface area contributed by atoms with Gasteiger partial charge in [-0.15, -0.1) is 0 Å². The Kier molecular flexibility index (Phi) is 6.83. The number of anilines is 1. The molecule has 0 saturated heterocycles. The summed E-state index contributed by atoms with van der Waals surface area (Å²) in [6.45, 7) is 4.69. The van der Waals surface area contributed by atoms with Gasteiger partial charge in [0, 0.05) is 0 Å². The van der Waals surface area contributed by atoms with Crippen LogP contribution in [0.3, 0.4) is 0 Å². The first-order chi connectivity index (χ1) is 12.1. The Bertz CT molecular complexity index is 714. The molecule has 0 aromatic heterocycles. The number of para-hydroxylation sites is 1. The highest BCUT2D eigenvalue weighted by Gasteiger charge is 2.13. The largest absolute Gasteiger partial charge is 0.492 e. The van der Waals surface area contributed by atoms with Gasteiger partial charge in [0.1, 0.15) is 12.4 Å². The monoisotopic (exact) mass is 342 g/mol. The molecular formula is C19H22N2O4. The normalized spacial score (nSPS) is 10.0. The quantitative estimate of drug-likeness (QED) is 0.597. The van der Waals surface area contributed by atoms with E-state index < -0.39 is 12.0 Å². The molecule has 132 valence electrons. The molecule has 0 aliphatic carbocycles. The van der Waals surface area contributed by atoms with E-state index in [1.165, 1.54) is 0 Å². The number of hydrogen-bond acceptors (Lipinski definition) is 4. The summed E-state index contributed by atoms with van der Waals surface area (Å²) in [5.74, 6) is 0.279. The van der Waals surface area contributed by atoms with Crippen molar-refractivity contribution < 1.29 is 19.1 Å². The average Bonchev–Trinajstić information content (AvgIpc) is 2.61. The fourth-order valence-corrected chi connectivity index (χ4v) is 2.11. The molecule has 2 N–H and O–H groups in total. The van der Waals surface area contributed by atoms with Crippen molar-refractivity contribution in [1.29, 1.82) is 0 Å². The van der Waals surface area contributed by atoms with Gasteiger partial charge >= 0.3 is 12.0 Å². The molecule has 6 nitrogen and oxygen atoms in total. The molecule has 2 rings (SSSR count). The summed E-state index contributed by atoms with van der Waals surface area (Å²) < 4.78 is 10.5. The van der Waals surface area contributed by atoms with E-state index in [2.05, 4.69) is 10.6 Å². The summed E-state index contributed by atoms with van der Waals surface area (Å²) in [6, 6.07) is 14.0. The van der Waals surface area contributed by atoms with Crippen molar-refractivity contribution in [2.24, 2.45) is 0 Å². The highest BCUT2D eigenvalue weighted by atomic mass is 16.5. The zero-order valence-electron chi connectivity index (χ0n) is 14.4. The SMILES string of the molecule is CCOC(=O)c1ccccc1NC(=O)NCCOc1ccc(C)cc1. The van der Waals surface area contributed by atoms with Crippen LogP contribution in [0.1, 0.15) is 22.8 Å². The molecule has 0 fully saturated rings. The third kappa shape index (κ3) is 5.84. The summed E-state index contributed by atoms with van der Waals surface area (Å²) in [7, 11) is 0. The Morgan fingerprint density at radius 3 is 2.48 bits per heavy atom. The lowest BCUT2D eigenvalue weighted by Crippen LogP contribution is -2.32. The highest BCUT2D eigenvalue weighted by molar-refractivity contribution is 6.00. The first kappa shape index (κ1) is 18.3. The summed E-state index contributed by atoms with van der Waals surface area (Å²) in [5.41, 5.74) is 1.87. The van der Waals surface area contributed by atoms with Gasteiger partial charge in [-0.2, -0.15) is 0 Å². The maximum atomic E-state index is 12.0. The molecule has 0 radical (unpaired) electrons. The van der Waals surface area contributed by atoms with E-state index in [1.807, 2.05) is 31.2 Å². The number of benzene rings is 2. The summed E-state index contributed by atoms with van der Waals surface area (Å²) >= 11 is 0. The van der Waals surface area contributed by atoms with Crippen LogP contribution in [0.25, 0.3) is 0 Å². The number of aryl methyl sites for hydroxylation is 1. The number of nitrogens with one attached hydrogen (secondary N) is 2. The zero-order valence-corrected chi connectivity index (χ0v) is 14.4. The second-order valence-electron chi connectivity index (χ2n) is 5.31. The lowest BCUT2D eigenvalue weighted by atomic mass is 10.2. The molecule has 0 aliphatic heterocycles. The maximum Gasteiger partial charge on any atom is 0.340 e. The van der Waals surface area contributed by atoms with Crippen LogP contribution in [0.4, 0.5) is 10.5 Å². The standard InChI is InChI=1S/C19H22N2O4/c1-3-24-18(22)16-6-4-5-7-17(16)21-19(23)20-12-13-25-15-10-8-14(2)9-11-15/h4-11H,3,12-13H2,1-2H3,(H2,20,21,23). The Morgan fingerprint density at radius 2 is 1.76 bits per heavy atom. The smallest absolute Gasteiger partial charge is 0.340 e. The average molecular weight is 342 g/mol. The van der Waals surface area contributed by atoms with Gasteiger partial charge in [-0.1, -0.05) is 29.8 Å².